The maximum Gasteiger partial charge on any atom is 0.472 e. The summed E-state index contributed by atoms with van der Waals surface area (Å²) < 4.78 is 33.2. The van der Waals surface area contributed by atoms with Crippen molar-refractivity contribution < 1.29 is 37.6 Å². The first-order valence-electron chi connectivity index (χ1n) is 22.2. The second-order valence-corrected chi connectivity index (χ2v) is 16.0. The molecule has 0 aromatic heterocycles. The van der Waals surface area contributed by atoms with E-state index in [-0.39, 0.29) is 32.0 Å². The fourth-order valence-electron chi connectivity index (χ4n) is 5.71. The van der Waals surface area contributed by atoms with E-state index < -0.39 is 26.5 Å². The van der Waals surface area contributed by atoms with Crippen LogP contribution in [0.15, 0.2) is 60.8 Å². The van der Waals surface area contributed by atoms with Crippen molar-refractivity contribution in [3.05, 3.63) is 60.8 Å². The van der Waals surface area contributed by atoms with Crippen molar-refractivity contribution in [1.29, 1.82) is 0 Å². The molecule has 0 aromatic rings. The molecule has 0 aliphatic carbocycles. The molecule has 2 atom stereocenters. The highest BCUT2D eigenvalue weighted by atomic mass is 31.2. The van der Waals surface area contributed by atoms with Gasteiger partial charge in [0.05, 0.1) is 13.2 Å². The van der Waals surface area contributed by atoms with Crippen LogP contribution in [0.25, 0.3) is 0 Å². The lowest BCUT2D eigenvalue weighted by Crippen LogP contribution is -2.29. The lowest BCUT2D eigenvalue weighted by Gasteiger charge is -2.20. The Kier molecular flexibility index (Phi) is 40.6. The van der Waals surface area contributed by atoms with Crippen molar-refractivity contribution in [2.24, 2.45) is 0 Å². The minimum atomic E-state index is -4.36. The molecule has 9 nitrogen and oxygen atoms in total. The topological polar surface area (TPSA) is 120 Å². The van der Waals surface area contributed by atoms with Gasteiger partial charge in [-0.1, -0.05) is 145 Å². The first-order chi connectivity index (χ1) is 27.3. The molecule has 2 N–H and O–H groups in total. The number of hydrogen-bond donors (Lipinski definition) is 2. The Balaban J connectivity index is 4.30. The van der Waals surface area contributed by atoms with Gasteiger partial charge in [0.25, 0.3) is 0 Å². The summed E-state index contributed by atoms with van der Waals surface area (Å²) in [5.41, 5.74) is 0. The molecule has 0 saturated carbocycles. The number of hydrogen-bond acceptors (Lipinski definition) is 8. The van der Waals surface area contributed by atoms with Gasteiger partial charge < -0.3 is 19.7 Å². The summed E-state index contributed by atoms with van der Waals surface area (Å²) in [5, 5.41) is 2.82. The van der Waals surface area contributed by atoms with Gasteiger partial charge in [-0.05, 0) is 90.5 Å². The number of rotatable bonds is 41. The van der Waals surface area contributed by atoms with Crippen LogP contribution >= 0.6 is 7.82 Å². The number of carbonyl (C=O) groups excluding carboxylic acids is 2. The van der Waals surface area contributed by atoms with E-state index in [0.717, 1.165) is 70.6 Å². The summed E-state index contributed by atoms with van der Waals surface area (Å²) in [6.45, 7) is 4.13. The number of phosphoric ester groups is 1. The third-order valence-electron chi connectivity index (χ3n) is 9.11. The summed E-state index contributed by atoms with van der Waals surface area (Å²) in [6.07, 6.45) is 48.3. The van der Waals surface area contributed by atoms with Gasteiger partial charge in [0, 0.05) is 19.4 Å². The molecule has 0 aliphatic heterocycles. The molecule has 0 aliphatic rings. The van der Waals surface area contributed by atoms with E-state index in [1.54, 1.807) is 7.05 Å². The molecular formula is C46H82NO8P. The van der Waals surface area contributed by atoms with E-state index in [9.17, 15) is 19.0 Å². The SMILES string of the molecule is CCCCC/C=C\C/C=C\C/C=C\C/C=C\CCCCCC(=O)OC(COC(=O)CCCCCCCCC/C=C\CCCCCC)COP(=O)(O)OCCNC. The fourth-order valence-corrected chi connectivity index (χ4v) is 6.46. The van der Waals surface area contributed by atoms with E-state index in [1.165, 1.54) is 77.0 Å². The summed E-state index contributed by atoms with van der Waals surface area (Å²) in [5.74, 6) is -0.850. The van der Waals surface area contributed by atoms with Crippen LogP contribution < -0.4 is 5.32 Å². The standard InChI is InChI=1S/C46H82NO8P/c1-4-6-8-10-12-14-16-18-20-21-22-23-25-27-29-31-33-35-37-39-46(49)55-44(43-54-56(50,51)53-41-40-47-3)42-52-45(48)38-36-34-32-30-28-26-24-19-17-15-13-11-9-7-5-2/h12,14-15,17-18,20,22-23,27,29,44,47H,4-11,13,16,19,21,24-26,28,30-43H2,1-3H3,(H,50,51)/b14-12-,17-15-,20-18-,23-22-,29-27-. The minimum Gasteiger partial charge on any atom is -0.462 e. The van der Waals surface area contributed by atoms with Gasteiger partial charge in [-0.25, -0.2) is 4.57 Å². The average molecular weight is 808 g/mol. The highest BCUT2D eigenvalue weighted by molar-refractivity contribution is 7.47. The number of esters is 2. The molecule has 0 fully saturated rings. The van der Waals surface area contributed by atoms with Crippen LogP contribution in [0.4, 0.5) is 0 Å². The summed E-state index contributed by atoms with van der Waals surface area (Å²) in [4.78, 5) is 35.1. The van der Waals surface area contributed by atoms with E-state index in [2.05, 4.69) is 79.9 Å². The minimum absolute atomic E-state index is 0.0264. The monoisotopic (exact) mass is 808 g/mol. The van der Waals surface area contributed by atoms with Gasteiger partial charge >= 0.3 is 19.8 Å². The average Bonchev–Trinajstić information content (AvgIpc) is 3.18. The smallest absolute Gasteiger partial charge is 0.462 e. The highest BCUT2D eigenvalue weighted by Crippen LogP contribution is 2.43. The van der Waals surface area contributed by atoms with Crippen molar-refractivity contribution in [1.82, 2.24) is 5.32 Å². The maximum absolute atomic E-state index is 12.6. The number of nitrogens with one attached hydrogen (secondary N) is 1. The summed E-state index contributed by atoms with van der Waals surface area (Å²) in [7, 11) is -2.67. The number of carbonyl (C=O) groups is 2. The van der Waals surface area contributed by atoms with E-state index in [4.69, 9.17) is 18.5 Å². The predicted octanol–water partition coefficient (Wildman–Crippen LogP) is 12.8. The fraction of sp³-hybridized carbons (Fsp3) is 0.739. The van der Waals surface area contributed by atoms with Crippen molar-refractivity contribution >= 4 is 19.8 Å². The first kappa shape index (κ1) is 53.7. The van der Waals surface area contributed by atoms with E-state index >= 15 is 0 Å². The van der Waals surface area contributed by atoms with Crippen LogP contribution in [0.1, 0.15) is 181 Å². The number of unbranched alkanes of at least 4 members (excludes halogenated alkanes) is 17. The van der Waals surface area contributed by atoms with Crippen molar-refractivity contribution in [2.75, 3.05) is 33.4 Å². The van der Waals surface area contributed by atoms with Gasteiger partial charge in [-0.2, -0.15) is 0 Å². The Morgan fingerprint density at radius 3 is 1.50 bits per heavy atom. The molecule has 0 bridgehead atoms. The lowest BCUT2D eigenvalue weighted by molar-refractivity contribution is -0.161. The van der Waals surface area contributed by atoms with Gasteiger partial charge in [-0.15, -0.1) is 0 Å². The Labute approximate surface area is 342 Å². The van der Waals surface area contributed by atoms with Crippen LogP contribution in [-0.4, -0.2) is 56.3 Å². The predicted molar refractivity (Wildman–Crippen MR) is 234 cm³/mol. The van der Waals surface area contributed by atoms with Gasteiger partial charge in [-0.3, -0.25) is 18.6 Å². The molecule has 10 heteroatoms. The largest absolute Gasteiger partial charge is 0.472 e. The van der Waals surface area contributed by atoms with E-state index in [1.807, 2.05) is 0 Å². The molecule has 0 rings (SSSR count). The summed E-state index contributed by atoms with van der Waals surface area (Å²) in [6, 6.07) is 0. The van der Waals surface area contributed by atoms with Crippen molar-refractivity contribution in [2.45, 2.75) is 187 Å². The quantitative estimate of drug-likeness (QED) is 0.0269. The molecule has 0 saturated heterocycles. The van der Waals surface area contributed by atoms with Crippen LogP contribution in [0, 0.1) is 0 Å². The van der Waals surface area contributed by atoms with Gasteiger partial charge in [0.2, 0.25) is 0 Å². The Hall–Kier alpha value is -2.29. The molecule has 2 unspecified atom stereocenters. The number of ether oxygens (including phenoxy) is 2. The second kappa shape index (κ2) is 42.3. The molecule has 0 heterocycles. The molecule has 0 spiro atoms. The normalized spacial score (nSPS) is 13.9. The molecule has 0 aromatic carbocycles. The van der Waals surface area contributed by atoms with Gasteiger partial charge in [0.1, 0.15) is 6.61 Å². The number of phosphoric acid groups is 1. The Morgan fingerprint density at radius 2 is 0.964 bits per heavy atom. The molecule has 0 amide bonds. The zero-order valence-electron chi connectivity index (χ0n) is 35.8. The third kappa shape index (κ3) is 41.3. The lowest BCUT2D eigenvalue weighted by atomic mass is 10.1. The Morgan fingerprint density at radius 1 is 0.554 bits per heavy atom. The van der Waals surface area contributed by atoms with Crippen molar-refractivity contribution in [3.63, 3.8) is 0 Å². The highest BCUT2D eigenvalue weighted by Gasteiger charge is 2.26. The number of likely N-dealkylation sites (N-methyl/N-ethyl adjacent to an activating group) is 1. The van der Waals surface area contributed by atoms with Crippen LogP contribution in [0.5, 0.6) is 0 Å². The number of allylic oxidation sites excluding steroid dienone is 10. The Bertz CT molecular complexity index is 1100. The first-order valence-corrected chi connectivity index (χ1v) is 23.7. The third-order valence-corrected chi connectivity index (χ3v) is 10.1. The molecule has 0 radical (unpaired) electrons. The van der Waals surface area contributed by atoms with Gasteiger partial charge in [0.15, 0.2) is 6.10 Å². The zero-order chi connectivity index (χ0) is 41.1. The second-order valence-electron chi connectivity index (χ2n) is 14.5. The summed E-state index contributed by atoms with van der Waals surface area (Å²) >= 11 is 0. The molecule has 56 heavy (non-hydrogen) atoms. The van der Waals surface area contributed by atoms with Crippen LogP contribution in [0.2, 0.25) is 0 Å². The zero-order valence-corrected chi connectivity index (χ0v) is 36.7. The van der Waals surface area contributed by atoms with Crippen LogP contribution in [0.3, 0.4) is 0 Å². The molecule has 324 valence electrons. The van der Waals surface area contributed by atoms with E-state index in [0.29, 0.717) is 13.0 Å². The maximum atomic E-state index is 12.6. The molecular weight excluding hydrogens is 725 g/mol. The van der Waals surface area contributed by atoms with Crippen LogP contribution in [-0.2, 0) is 32.7 Å². The van der Waals surface area contributed by atoms with Crippen molar-refractivity contribution in [3.8, 4) is 0 Å².